The Labute approximate surface area is 86.0 Å². The number of aliphatic hydroxyl groups is 1. The van der Waals surface area contributed by atoms with Gasteiger partial charge in [0.05, 0.1) is 5.60 Å². The second-order valence-corrected chi connectivity index (χ2v) is 3.87. The molecule has 1 unspecified atom stereocenters. The van der Waals surface area contributed by atoms with E-state index in [-0.39, 0.29) is 0 Å². The monoisotopic (exact) mass is 193 g/mol. The molecule has 1 atom stereocenters. The zero-order chi connectivity index (χ0) is 10.6. The minimum atomic E-state index is -0.776. The normalized spacial score (nSPS) is 15.1. The predicted molar refractivity (Wildman–Crippen MR) is 59.3 cm³/mol. The summed E-state index contributed by atoms with van der Waals surface area (Å²) in [4.78, 5) is 0. The zero-order valence-corrected chi connectivity index (χ0v) is 9.17. The highest BCUT2D eigenvalue weighted by Gasteiger charge is 2.23. The summed E-state index contributed by atoms with van der Waals surface area (Å²) in [5.74, 6) is 0. The van der Waals surface area contributed by atoms with Crippen molar-refractivity contribution in [1.29, 1.82) is 0 Å². The van der Waals surface area contributed by atoms with Gasteiger partial charge < -0.3 is 10.4 Å². The second kappa shape index (κ2) is 4.58. The smallest absolute Gasteiger partial charge is 0.0994 e. The number of hydrogen-bond acceptors (Lipinski definition) is 2. The van der Waals surface area contributed by atoms with E-state index in [4.69, 9.17) is 0 Å². The van der Waals surface area contributed by atoms with Gasteiger partial charge in [0.1, 0.15) is 0 Å². The number of rotatable bonds is 4. The van der Waals surface area contributed by atoms with Crippen LogP contribution in [0, 0.1) is 6.92 Å². The van der Waals surface area contributed by atoms with E-state index in [2.05, 4.69) is 5.32 Å². The van der Waals surface area contributed by atoms with Gasteiger partial charge in [-0.3, -0.25) is 0 Å². The van der Waals surface area contributed by atoms with Crippen LogP contribution in [0.25, 0.3) is 0 Å². The maximum Gasteiger partial charge on any atom is 0.0994 e. The first-order valence-electron chi connectivity index (χ1n) is 5.07. The highest BCUT2D eigenvalue weighted by Crippen LogP contribution is 2.22. The van der Waals surface area contributed by atoms with Crippen molar-refractivity contribution in [2.75, 3.05) is 13.1 Å². The molecule has 1 aromatic rings. The summed E-state index contributed by atoms with van der Waals surface area (Å²) in [6.07, 6.45) is 0. The van der Waals surface area contributed by atoms with E-state index in [0.717, 1.165) is 17.7 Å². The average molecular weight is 193 g/mol. The third-order valence-electron chi connectivity index (χ3n) is 2.44. The van der Waals surface area contributed by atoms with Crippen LogP contribution >= 0.6 is 0 Å². The Morgan fingerprint density at radius 3 is 2.57 bits per heavy atom. The molecule has 0 bridgehead atoms. The Hall–Kier alpha value is -0.860. The number of likely N-dealkylation sites (N-methyl/N-ethyl adjacent to an activating group) is 1. The van der Waals surface area contributed by atoms with Crippen LogP contribution in [0.5, 0.6) is 0 Å². The number of benzene rings is 1. The Morgan fingerprint density at radius 2 is 2.00 bits per heavy atom. The first kappa shape index (κ1) is 11.2. The van der Waals surface area contributed by atoms with Crippen LogP contribution in [-0.4, -0.2) is 18.2 Å². The fraction of sp³-hybridized carbons (Fsp3) is 0.500. The van der Waals surface area contributed by atoms with E-state index in [0.29, 0.717) is 6.54 Å². The molecule has 0 fully saturated rings. The Morgan fingerprint density at radius 1 is 1.36 bits per heavy atom. The van der Waals surface area contributed by atoms with Gasteiger partial charge in [0.25, 0.3) is 0 Å². The SMILES string of the molecule is CCNCC(C)(O)c1ccccc1C. The molecule has 2 heteroatoms. The molecular weight excluding hydrogens is 174 g/mol. The van der Waals surface area contributed by atoms with Gasteiger partial charge in [-0.2, -0.15) is 0 Å². The minimum Gasteiger partial charge on any atom is -0.384 e. The number of hydrogen-bond donors (Lipinski definition) is 2. The molecular formula is C12H19NO. The maximum absolute atomic E-state index is 10.2. The molecule has 0 aliphatic carbocycles. The predicted octanol–water partition coefficient (Wildman–Crippen LogP) is 1.81. The van der Waals surface area contributed by atoms with Crippen molar-refractivity contribution in [3.63, 3.8) is 0 Å². The summed E-state index contributed by atoms with van der Waals surface area (Å²) < 4.78 is 0. The van der Waals surface area contributed by atoms with Crippen LogP contribution < -0.4 is 5.32 Å². The summed E-state index contributed by atoms with van der Waals surface area (Å²) >= 11 is 0. The van der Waals surface area contributed by atoms with Crippen LogP contribution in [0.1, 0.15) is 25.0 Å². The Balaban J connectivity index is 2.86. The molecule has 78 valence electrons. The molecule has 0 aromatic heterocycles. The highest BCUT2D eigenvalue weighted by atomic mass is 16.3. The molecule has 0 radical (unpaired) electrons. The molecule has 0 spiro atoms. The van der Waals surface area contributed by atoms with Gasteiger partial charge in [-0.15, -0.1) is 0 Å². The van der Waals surface area contributed by atoms with Gasteiger partial charge in [-0.25, -0.2) is 0 Å². The van der Waals surface area contributed by atoms with Crippen molar-refractivity contribution in [2.45, 2.75) is 26.4 Å². The first-order chi connectivity index (χ1) is 6.58. The molecule has 0 heterocycles. The molecule has 0 aliphatic rings. The Bertz CT molecular complexity index is 294. The van der Waals surface area contributed by atoms with Gasteiger partial charge >= 0.3 is 0 Å². The third-order valence-corrected chi connectivity index (χ3v) is 2.44. The third kappa shape index (κ3) is 2.56. The molecule has 1 aromatic carbocycles. The summed E-state index contributed by atoms with van der Waals surface area (Å²) in [5.41, 5.74) is 1.36. The Kier molecular flexibility index (Phi) is 3.67. The van der Waals surface area contributed by atoms with E-state index in [1.165, 1.54) is 0 Å². The topological polar surface area (TPSA) is 32.3 Å². The molecule has 0 aliphatic heterocycles. The van der Waals surface area contributed by atoms with Crippen molar-refractivity contribution >= 4 is 0 Å². The van der Waals surface area contributed by atoms with Crippen LogP contribution in [-0.2, 0) is 5.60 Å². The number of aryl methyl sites for hydroxylation is 1. The maximum atomic E-state index is 10.2. The van der Waals surface area contributed by atoms with Crippen molar-refractivity contribution in [2.24, 2.45) is 0 Å². The standard InChI is InChI=1S/C12H19NO/c1-4-13-9-12(3,14)11-8-6-5-7-10(11)2/h5-8,13-14H,4,9H2,1-3H3. The summed E-state index contributed by atoms with van der Waals surface area (Å²) in [6.45, 7) is 7.37. The van der Waals surface area contributed by atoms with Crippen LogP contribution in [0.15, 0.2) is 24.3 Å². The van der Waals surface area contributed by atoms with Gasteiger partial charge in [0, 0.05) is 6.54 Å². The molecule has 1 rings (SSSR count). The quantitative estimate of drug-likeness (QED) is 0.764. The molecule has 2 nitrogen and oxygen atoms in total. The van der Waals surface area contributed by atoms with Crippen molar-refractivity contribution in [3.8, 4) is 0 Å². The van der Waals surface area contributed by atoms with Crippen LogP contribution in [0.2, 0.25) is 0 Å². The lowest BCUT2D eigenvalue weighted by Gasteiger charge is -2.25. The van der Waals surface area contributed by atoms with Crippen molar-refractivity contribution < 1.29 is 5.11 Å². The fourth-order valence-corrected chi connectivity index (χ4v) is 1.64. The second-order valence-electron chi connectivity index (χ2n) is 3.87. The van der Waals surface area contributed by atoms with Crippen molar-refractivity contribution in [1.82, 2.24) is 5.32 Å². The van der Waals surface area contributed by atoms with E-state index in [1.807, 2.05) is 45.0 Å². The van der Waals surface area contributed by atoms with Gasteiger partial charge in [-0.1, -0.05) is 31.2 Å². The minimum absolute atomic E-state index is 0.592. The van der Waals surface area contributed by atoms with E-state index in [1.54, 1.807) is 0 Å². The average Bonchev–Trinajstić information content (AvgIpc) is 2.15. The lowest BCUT2D eigenvalue weighted by atomic mass is 9.92. The number of nitrogens with one attached hydrogen (secondary N) is 1. The lowest BCUT2D eigenvalue weighted by Crippen LogP contribution is -2.35. The van der Waals surface area contributed by atoms with Crippen LogP contribution in [0.4, 0.5) is 0 Å². The van der Waals surface area contributed by atoms with Gasteiger partial charge in [0.2, 0.25) is 0 Å². The van der Waals surface area contributed by atoms with E-state index in [9.17, 15) is 5.11 Å². The molecule has 0 saturated heterocycles. The molecule has 2 N–H and O–H groups in total. The summed E-state index contributed by atoms with van der Waals surface area (Å²) in [6, 6.07) is 7.95. The van der Waals surface area contributed by atoms with Crippen molar-refractivity contribution in [3.05, 3.63) is 35.4 Å². The largest absolute Gasteiger partial charge is 0.384 e. The zero-order valence-electron chi connectivity index (χ0n) is 9.17. The summed E-state index contributed by atoms with van der Waals surface area (Å²) in [5, 5.41) is 13.4. The first-order valence-corrected chi connectivity index (χ1v) is 5.07. The highest BCUT2D eigenvalue weighted by molar-refractivity contribution is 5.30. The van der Waals surface area contributed by atoms with Gasteiger partial charge in [-0.05, 0) is 31.5 Å². The molecule has 14 heavy (non-hydrogen) atoms. The van der Waals surface area contributed by atoms with Crippen LogP contribution in [0.3, 0.4) is 0 Å². The fourth-order valence-electron chi connectivity index (χ4n) is 1.64. The van der Waals surface area contributed by atoms with Gasteiger partial charge in [0.15, 0.2) is 0 Å². The van der Waals surface area contributed by atoms with E-state index < -0.39 is 5.60 Å². The van der Waals surface area contributed by atoms with E-state index >= 15 is 0 Å². The molecule has 0 amide bonds. The lowest BCUT2D eigenvalue weighted by molar-refractivity contribution is 0.0570. The summed E-state index contributed by atoms with van der Waals surface area (Å²) in [7, 11) is 0. The molecule has 0 saturated carbocycles.